The third-order valence-corrected chi connectivity index (χ3v) is 8.42. The first-order chi connectivity index (χ1) is 19.4. The molecule has 12 heteroatoms. The van der Waals surface area contributed by atoms with Crippen LogP contribution in [0.5, 0.6) is 5.88 Å². The smallest absolute Gasteiger partial charge is 0.393 e. The van der Waals surface area contributed by atoms with E-state index in [1.54, 1.807) is 12.1 Å². The van der Waals surface area contributed by atoms with Gasteiger partial charge in [0.1, 0.15) is 5.82 Å². The number of anilines is 2. The quantitative estimate of drug-likeness (QED) is 0.473. The zero-order chi connectivity index (χ0) is 29.5. The molecule has 5 rings (SSSR count). The monoisotopic (exact) mass is 577 g/mol. The zero-order valence-corrected chi connectivity index (χ0v) is 23.3. The van der Waals surface area contributed by atoms with Gasteiger partial charge in [-0.05, 0) is 57.9 Å². The van der Waals surface area contributed by atoms with Gasteiger partial charge >= 0.3 is 6.18 Å². The fourth-order valence-corrected chi connectivity index (χ4v) is 5.48. The average Bonchev–Trinajstić information content (AvgIpc) is 3.75. The lowest BCUT2D eigenvalue weighted by Crippen LogP contribution is -2.55. The van der Waals surface area contributed by atoms with Crippen LogP contribution >= 0.6 is 0 Å². The van der Waals surface area contributed by atoms with Gasteiger partial charge in [-0.15, -0.1) is 0 Å². The molecule has 8 nitrogen and oxygen atoms in total. The molecule has 41 heavy (non-hydrogen) atoms. The number of carbonyl (C=O) groups is 2. The second kappa shape index (κ2) is 11.5. The molecule has 2 aromatic rings. The minimum Gasteiger partial charge on any atom is -0.477 e. The van der Waals surface area contributed by atoms with Gasteiger partial charge in [-0.25, -0.2) is 9.37 Å². The van der Waals surface area contributed by atoms with E-state index in [9.17, 15) is 22.8 Å². The van der Waals surface area contributed by atoms with Crippen LogP contribution in [0.2, 0.25) is 0 Å². The second-order valence-corrected chi connectivity index (χ2v) is 11.5. The van der Waals surface area contributed by atoms with E-state index < -0.39 is 48.6 Å². The molecule has 0 spiro atoms. The topological polar surface area (TPSA) is 86.8 Å². The summed E-state index contributed by atoms with van der Waals surface area (Å²) < 4.78 is 62.7. The van der Waals surface area contributed by atoms with Gasteiger partial charge in [0.05, 0.1) is 29.8 Å². The molecule has 0 bridgehead atoms. The van der Waals surface area contributed by atoms with Crippen molar-refractivity contribution in [2.45, 2.75) is 51.4 Å². The number of rotatable bonds is 7. The average molecular weight is 578 g/mol. The Morgan fingerprint density at radius 3 is 2.49 bits per heavy atom. The molecule has 2 unspecified atom stereocenters. The van der Waals surface area contributed by atoms with Crippen molar-refractivity contribution >= 4 is 23.2 Å². The fourth-order valence-electron chi connectivity index (χ4n) is 5.48. The van der Waals surface area contributed by atoms with Crippen molar-refractivity contribution in [1.82, 2.24) is 15.2 Å². The summed E-state index contributed by atoms with van der Waals surface area (Å²) in [6, 6.07) is 6.29. The molecule has 3 heterocycles. The molecule has 2 amide bonds. The molecule has 2 N–H and O–H groups in total. The molecular formula is C29H35F4N5O3. The highest BCUT2D eigenvalue weighted by Crippen LogP contribution is 2.40. The Morgan fingerprint density at radius 1 is 1.17 bits per heavy atom. The lowest BCUT2D eigenvalue weighted by atomic mass is 9.84. The molecule has 3 fully saturated rings. The van der Waals surface area contributed by atoms with Crippen molar-refractivity contribution in [2.24, 2.45) is 17.8 Å². The van der Waals surface area contributed by atoms with E-state index in [1.165, 1.54) is 18.3 Å². The number of aromatic nitrogens is 1. The number of nitrogens with one attached hydrogen (secondary N) is 2. The van der Waals surface area contributed by atoms with Crippen LogP contribution in [-0.2, 0) is 9.59 Å². The third-order valence-electron chi connectivity index (χ3n) is 8.42. The van der Waals surface area contributed by atoms with Gasteiger partial charge in [0, 0.05) is 61.5 Å². The molecule has 2 saturated heterocycles. The maximum absolute atomic E-state index is 15.7. The van der Waals surface area contributed by atoms with Crippen molar-refractivity contribution in [2.75, 3.05) is 43.5 Å². The molecule has 4 atom stereocenters. The van der Waals surface area contributed by atoms with Crippen molar-refractivity contribution in [1.29, 1.82) is 0 Å². The Kier molecular flexibility index (Phi) is 8.13. The molecule has 1 aromatic heterocycles. The summed E-state index contributed by atoms with van der Waals surface area (Å²) in [6.45, 7) is 5.26. The highest BCUT2D eigenvalue weighted by Gasteiger charge is 2.50. The first kappa shape index (κ1) is 29.1. The normalized spacial score (nSPS) is 25.5. The lowest BCUT2D eigenvalue weighted by molar-refractivity contribution is -0.197. The van der Waals surface area contributed by atoms with E-state index in [-0.39, 0.29) is 23.3 Å². The zero-order valence-electron chi connectivity index (χ0n) is 23.3. The van der Waals surface area contributed by atoms with Crippen molar-refractivity contribution in [3.63, 3.8) is 0 Å². The Bertz CT molecular complexity index is 1270. The van der Waals surface area contributed by atoms with Crippen LogP contribution in [-0.4, -0.2) is 73.2 Å². The summed E-state index contributed by atoms with van der Waals surface area (Å²) >= 11 is 0. The third kappa shape index (κ3) is 6.58. The van der Waals surface area contributed by atoms with Crippen molar-refractivity contribution < 1.29 is 31.9 Å². The fraction of sp³-hybridized carbons (Fsp3) is 0.552. The molecule has 1 aliphatic carbocycles. The van der Waals surface area contributed by atoms with Gasteiger partial charge in [0.2, 0.25) is 17.7 Å². The van der Waals surface area contributed by atoms with Crippen LogP contribution in [0.25, 0.3) is 11.1 Å². The number of halogens is 4. The van der Waals surface area contributed by atoms with Crippen molar-refractivity contribution in [3.05, 3.63) is 36.3 Å². The van der Waals surface area contributed by atoms with Crippen LogP contribution in [0, 0.1) is 23.6 Å². The maximum atomic E-state index is 15.7. The molecular weight excluding hydrogens is 542 g/mol. The summed E-state index contributed by atoms with van der Waals surface area (Å²) in [5, 5.41) is 5.04. The summed E-state index contributed by atoms with van der Waals surface area (Å²) in [5.74, 6) is -4.86. The minimum atomic E-state index is -4.73. The molecule has 222 valence electrons. The highest BCUT2D eigenvalue weighted by molar-refractivity contribution is 5.98. The summed E-state index contributed by atoms with van der Waals surface area (Å²) in [4.78, 5) is 33.5. The molecule has 3 aliphatic rings. The van der Waals surface area contributed by atoms with Crippen LogP contribution in [0.1, 0.15) is 33.1 Å². The van der Waals surface area contributed by atoms with E-state index in [0.717, 1.165) is 12.8 Å². The van der Waals surface area contributed by atoms with Crippen LogP contribution in [0.15, 0.2) is 30.5 Å². The number of amides is 2. The number of pyridine rings is 1. The highest BCUT2D eigenvalue weighted by atomic mass is 19.4. The number of carbonyl (C=O) groups excluding carboxylic acids is 2. The van der Waals surface area contributed by atoms with Crippen LogP contribution in [0.4, 0.5) is 28.9 Å². The van der Waals surface area contributed by atoms with Crippen LogP contribution in [0.3, 0.4) is 0 Å². The SMILES string of the molecule is C[C@H]1CN(c2cc(F)c(-c3ccc(OCC4CC4)nc3)cc2NC(=O)C2CNC(=O)CC2C(F)(F)F)C[C@H](C)N1C. The number of hydrogen-bond donors (Lipinski definition) is 2. The lowest BCUT2D eigenvalue weighted by Gasteiger charge is -2.44. The van der Waals surface area contributed by atoms with E-state index in [1.807, 2.05) is 25.8 Å². The number of hydrogen-bond acceptors (Lipinski definition) is 6. The standard InChI is InChI=1S/C29H35F4N5O3/c1-16-13-38(14-17(2)37(16)3)25-10-23(30)20(19-6-7-27(35-11-19)41-15-18-4-5-18)8-24(25)36-28(40)21-12-34-26(39)9-22(21)29(31,32)33/h6-8,10-11,16-18,21-22H,4-5,9,12-15H2,1-3H3,(H,34,39)(H,36,40)/t16-,17-,21?,22?/m0/s1. The Labute approximate surface area is 236 Å². The Balaban J connectivity index is 1.47. The molecule has 1 saturated carbocycles. The molecule has 1 aromatic carbocycles. The summed E-state index contributed by atoms with van der Waals surface area (Å²) in [6.07, 6.45) is -1.81. The van der Waals surface area contributed by atoms with Gasteiger partial charge < -0.3 is 20.3 Å². The van der Waals surface area contributed by atoms with Gasteiger partial charge in [-0.2, -0.15) is 13.2 Å². The largest absolute Gasteiger partial charge is 0.477 e. The van der Waals surface area contributed by atoms with Gasteiger partial charge in [-0.1, -0.05) is 0 Å². The van der Waals surface area contributed by atoms with E-state index in [4.69, 9.17) is 4.74 Å². The summed E-state index contributed by atoms with van der Waals surface area (Å²) in [7, 11) is 2.00. The van der Waals surface area contributed by atoms with Gasteiger partial charge in [0.15, 0.2) is 0 Å². The Morgan fingerprint density at radius 2 is 1.88 bits per heavy atom. The molecule has 0 radical (unpaired) electrons. The van der Waals surface area contributed by atoms with Crippen molar-refractivity contribution in [3.8, 4) is 17.0 Å². The molecule has 2 aliphatic heterocycles. The number of benzene rings is 1. The number of nitrogens with zero attached hydrogens (tertiary/aromatic N) is 3. The maximum Gasteiger partial charge on any atom is 0.393 e. The van der Waals surface area contributed by atoms with Crippen LogP contribution < -0.4 is 20.3 Å². The predicted octanol–water partition coefficient (Wildman–Crippen LogP) is 4.46. The first-order valence-electron chi connectivity index (χ1n) is 13.9. The number of piperidine rings is 1. The minimum absolute atomic E-state index is 0.112. The summed E-state index contributed by atoms with van der Waals surface area (Å²) in [5.41, 5.74) is 1.15. The number of alkyl halides is 3. The second-order valence-electron chi connectivity index (χ2n) is 11.5. The first-order valence-corrected chi connectivity index (χ1v) is 13.9. The van der Waals surface area contributed by atoms with E-state index in [0.29, 0.717) is 42.7 Å². The van der Waals surface area contributed by atoms with Gasteiger partial charge in [-0.3, -0.25) is 14.5 Å². The van der Waals surface area contributed by atoms with E-state index >= 15 is 4.39 Å². The number of likely N-dealkylation sites (N-methyl/N-ethyl adjacent to an activating group) is 1. The Hall–Kier alpha value is -3.41. The van der Waals surface area contributed by atoms with Gasteiger partial charge in [0.25, 0.3) is 0 Å². The number of ether oxygens (including phenoxy) is 1. The predicted molar refractivity (Wildman–Crippen MR) is 146 cm³/mol. The van der Waals surface area contributed by atoms with E-state index in [2.05, 4.69) is 20.5 Å². The number of piperazine rings is 1.